The first kappa shape index (κ1) is 28.3. The molecule has 11 heteroatoms. The van der Waals surface area contributed by atoms with Crippen LogP contribution < -0.4 is 16.6 Å². The predicted octanol–water partition coefficient (Wildman–Crippen LogP) is 2.41. The highest BCUT2D eigenvalue weighted by Crippen LogP contribution is 2.42. The van der Waals surface area contributed by atoms with Gasteiger partial charge in [0.15, 0.2) is 6.23 Å². The number of nitrogens with zero attached hydrogens (tertiary/aromatic N) is 2. The van der Waals surface area contributed by atoms with Gasteiger partial charge in [-0.2, -0.15) is 0 Å². The third-order valence-corrected chi connectivity index (χ3v) is 6.06. The highest BCUT2D eigenvalue weighted by Gasteiger charge is 2.56. The Labute approximate surface area is 215 Å². The van der Waals surface area contributed by atoms with Gasteiger partial charge in [0.25, 0.3) is 5.56 Å². The van der Waals surface area contributed by atoms with Crippen molar-refractivity contribution in [3.8, 4) is 0 Å². The Morgan fingerprint density at radius 3 is 2.54 bits per heavy atom. The van der Waals surface area contributed by atoms with Gasteiger partial charge in [-0.1, -0.05) is 37.3 Å². The molecule has 0 spiro atoms. The van der Waals surface area contributed by atoms with Gasteiger partial charge in [0.2, 0.25) is 0 Å². The number of aliphatic imine (C=N–C) groups is 1. The van der Waals surface area contributed by atoms with Crippen LogP contribution in [0.1, 0.15) is 58.4 Å². The second-order valence-corrected chi connectivity index (χ2v) is 10.1. The summed E-state index contributed by atoms with van der Waals surface area (Å²) in [7, 11) is 0. The van der Waals surface area contributed by atoms with Gasteiger partial charge in [-0.3, -0.25) is 24.7 Å². The first-order chi connectivity index (χ1) is 17.4. The minimum Gasteiger partial charge on any atom is -0.444 e. The number of amides is 1. The lowest BCUT2D eigenvalue weighted by atomic mass is 9.91. The van der Waals surface area contributed by atoms with Crippen LogP contribution in [0.3, 0.4) is 0 Å². The molecule has 1 amide bonds. The number of alkyl carbamates (subject to hydrolysis) is 1. The van der Waals surface area contributed by atoms with E-state index in [4.69, 9.17) is 14.2 Å². The Morgan fingerprint density at radius 2 is 1.95 bits per heavy atom. The minimum atomic E-state index is -1.21. The quantitative estimate of drug-likeness (QED) is 0.379. The maximum atomic E-state index is 12.8. The molecule has 0 saturated carbocycles. The Hall–Kier alpha value is -3.28. The van der Waals surface area contributed by atoms with E-state index in [2.05, 4.69) is 15.3 Å². The lowest BCUT2D eigenvalue weighted by molar-refractivity contribution is -0.145. The average molecular weight is 517 g/mol. The van der Waals surface area contributed by atoms with E-state index in [1.165, 1.54) is 10.8 Å². The summed E-state index contributed by atoms with van der Waals surface area (Å²) < 4.78 is 19.2. The predicted molar refractivity (Wildman–Crippen MR) is 138 cm³/mol. The van der Waals surface area contributed by atoms with Crippen molar-refractivity contribution in [3.05, 3.63) is 68.5 Å². The number of aliphatic hydroxyl groups excluding tert-OH is 1. The molecule has 1 saturated heterocycles. The normalized spacial score (nSPS) is 24.2. The molecule has 3 rings (SSSR count). The van der Waals surface area contributed by atoms with Crippen molar-refractivity contribution in [1.29, 1.82) is 0 Å². The molecule has 1 aromatic heterocycles. The van der Waals surface area contributed by atoms with Crippen molar-refractivity contribution >= 4 is 11.9 Å². The first-order valence-corrected chi connectivity index (χ1v) is 12.2. The molecule has 202 valence electrons. The van der Waals surface area contributed by atoms with Gasteiger partial charge in [0.1, 0.15) is 29.2 Å². The largest absolute Gasteiger partial charge is 0.444 e. The zero-order valence-corrected chi connectivity index (χ0v) is 22.1. The van der Waals surface area contributed by atoms with Crippen molar-refractivity contribution in [1.82, 2.24) is 14.9 Å². The van der Waals surface area contributed by atoms with Gasteiger partial charge in [-0.15, -0.1) is 0 Å². The minimum absolute atomic E-state index is 0.202. The number of aryl methyl sites for hydroxylation is 1. The molecule has 4 atom stereocenters. The average Bonchev–Trinajstić information content (AvgIpc) is 3.12. The third-order valence-electron chi connectivity index (χ3n) is 6.06. The molecule has 0 bridgehead atoms. The molecule has 0 radical (unpaired) electrons. The number of aromatic amines is 1. The number of carbonyl (C=O) groups excluding carboxylic acids is 1. The van der Waals surface area contributed by atoms with Gasteiger partial charge in [0, 0.05) is 11.8 Å². The number of H-pyrrole nitrogens is 1. The standard InChI is InChI=1S/C26H36N4O7/c1-7-26(15-31)20(35-14-18-11-9-8-10-12-18)19(27-17(3)28-24(34)37-25(4,5)6)22(36-26)30-13-16(2)21(32)29-23(30)33/h8-13,19-20,22,31H,7,14-15H2,1-6H3,(H,27,28,34)(H,29,32,33)/t19-,20?,22+,26-/m0/s1. The second kappa shape index (κ2) is 11.4. The Kier molecular flexibility index (Phi) is 8.72. The summed E-state index contributed by atoms with van der Waals surface area (Å²) in [4.78, 5) is 44.1. The molecule has 1 aliphatic heterocycles. The van der Waals surface area contributed by atoms with Crippen molar-refractivity contribution < 1.29 is 24.1 Å². The van der Waals surface area contributed by atoms with Crippen molar-refractivity contribution in [2.45, 2.75) is 84.1 Å². The molecule has 2 aromatic rings. The van der Waals surface area contributed by atoms with Gasteiger partial charge in [-0.05, 0) is 46.6 Å². The molecule has 3 N–H and O–H groups in total. The topological polar surface area (TPSA) is 144 Å². The van der Waals surface area contributed by atoms with Gasteiger partial charge >= 0.3 is 11.8 Å². The molecule has 37 heavy (non-hydrogen) atoms. The fraction of sp³-hybridized carbons (Fsp3) is 0.538. The summed E-state index contributed by atoms with van der Waals surface area (Å²) in [6.07, 6.45) is -0.788. The van der Waals surface area contributed by atoms with Crippen LogP contribution in [-0.4, -0.2) is 56.5 Å². The summed E-state index contributed by atoms with van der Waals surface area (Å²) >= 11 is 0. The van der Waals surface area contributed by atoms with Gasteiger partial charge in [0.05, 0.1) is 13.2 Å². The van der Waals surface area contributed by atoms with Crippen LogP contribution in [0, 0.1) is 6.92 Å². The molecule has 1 aromatic carbocycles. The number of rotatable bonds is 7. The fourth-order valence-corrected chi connectivity index (χ4v) is 4.21. The number of amidine groups is 1. The molecule has 1 fully saturated rings. The van der Waals surface area contributed by atoms with Crippen LogP contribution in [0.25, 0.3) is 0 Å². The number of nitrogens with one attached hydrogen (secondary N) is 2. The zero-order chi connectivity index (χ0) is 27.4. The van der Waals surface area contributed by atoms with Crippen LogP contribution in [0.15, 0.2) is 51.1 Å². The molecule has 2 heterocycles. The molecule has 1 unspecified atom stereocenters. The van der Waals surface area contributed by atoms with E-state index in [1.807, 2.05) is 37.3 Å². The number of hydrogen-bond donors (Lipinski definition) is 3. The number of aromatic nitrogens is 2. The SMILES string of the molecule is CC[C@@]1(CO)O[C@@H](n2cc(C)c(=O)[nH]c2=O)[C@@H](N=C(C)NC(=O)OC(C)(C)C)C1OCc1ccccc1. The van der Waals surface area contributed by atoms with Crippen molar-refractivity contribution in [2.75, 3.05) is 6.61 Å². The van der Waals surface area contributed by atoms with E-state index in [1.54, 1.807) is 34.6 Å². The number of aliphatic hydroxyl groups is 1. The highest BCUT2D eigenvalue weighted by molar-refractivity contribution is 5.94. The van der Waals surface area contributed by atoms with E-state index >= 15 is 0 Å². The number of benzene rings is 1. The summed E-state index contributed by atoms with van der Waals surface area (Å²) in [5.74, 6) is 0.209. The van der Waals surface area contributed by atoms with Crippen LogP contribution >= 0.6 is 0 Å². The van der Waals surface area contributed by atoms with Crippen LogP contribution in [0.5, 0.6) is 0 Å². The van der Waals surface area contributed by atoms with Crippen molar-refractivity contribution in [2.24, 2.45) is 4.99 Å². The van der Waals surface area contributed by atoms with Crippen LogP contribution in [0.4, 0.5) is 4.79 Å². The summed E-state index contributed by atoms with van der Waals surface area (Å²) in [6.45, 7) is 10.0. The Balaban J connectivity index is 2.05. The number of carbonyl (C=O) groups is 1. The van der Waals surface area contributed by atoms with E-state index in [-0.39, 0.29) is 12.4 Å². The second-order valence-electron chi connectivity index (χ2n) is 10.1. The smallest absolute Gasteiger partial charge is 0.413 e. The van der Waals surface area contributed by atoms with E-state index in [0.717, 1.165) is 5.56 Å². The molecular weight excluding hydrogens is 480 g/mol. The van der Waals surface area contributed by atoms with Crippen LogP contribution in [-0.2, 0) is 20.8 Å². The third kappa shape index (κ3) is 6.73. The fourth-order valence-electron chi connectivity index (χ4n) is 4.21. The number of ether oxygens (including phenoxy) is 3. The van der Waals surface area contributed by atoms with Gasteiger partial charge in [-0.25, -0.2) is 9.59 Å². The Bertz CT molecular complexity index is 1230. The summed E-state index contributed by atoms with van der Waals surface area (Å²) in [5.41, 5.74) is -1.91. The van der Waals surface area contributed by atoms with E-state index in [0.29, 0.717) is 12.0 Å². The molecular formula is C26H36N4O7. The Morgan fingerprint density at radius 1 is 1.27 bits per heavy atom. The first-order valence-electron chi connectivity index (χ1n) is 12.2. The number of hydrogen-bond acceptors (Lipinski definition) is 8. The van der Waals surface area contributed by atoms with Crippen LogP contribution in [0.2, 0.25) is 0 Å². The molecule has 0 aliphatic carbocycles. The maximum Gasteiger partial charge on any atom is 0.413 e. The van der Waals surface area contributed by atoms with E-state index in [9.17, 15) is 19.5 Å². The molecule has 1 aliphatic rings. The summed E-state index contributed by atoms with van der Waals surface area (Å²) in [5, 5.41) is 13.1. The highest BCUT2D eigenvalue weighted by atomic mass is 16.6. The van der Waals surface area contributed by atoms with Gasteiger partial charge < -0.3 is 19.3 Å². The summed E-state index contributed by atoms with van der Waals surface area (Å²) in [6, 6.07) is 8.62. The zero-order valence-electron chi connectivity index (χ0n) is 22.1. The lowest BCUT2D eigenvalue weighted by Crippen LogP contribution is -2.47. The lowest BCUT2D eigenvalue weighted by Gasteiger charge is -2.32. The monoisotopic (exact) mass is 516 g/mol. The van der Waals surface area contributed by atoms with E-state index < -0.39 is 53.5 Å². The van der Waals surface area contributed by atoms with Crippen molar-refractivity contribution in [3.63, 3.8) is 0 Å². The molecule has 11 nitrogen and oxygen atoms in total. The maximum absolute atomic E-state index is 12.8.